The number of hydrogen-bond donors (Lipinski definition) is 1. The first-order valence-electron chi connectivity index (χ1n) is 14.9. The van der Waals surface area contributed by atoms with Crippen LogP contribution in [-0.2, 0) is 32.6 Å². The average Bonchev–Trinajstić information content (AvgIpc) is 3.02. The lowest BCUT2D eigenvalue weighted by Gasteiger charge is -2.34. The number of anilines is 1. The molecule has 4 aromatic carbocycles. The zero-order valence-corrected chi connectivity index (χ0v) is 27.5. The second-order valence-corrected chi connectivity index (χ2v) is 13.2. The van der Waals surface area contributed by atoms with Gasteiger partial charge in [0.2, 0.25) is 11.8 Å². The van der Waals surface area contributed by atoms with Gasteiger partial charge in [-0.25, -0.2) is 12.8 Å². The number of sulfonamides is 1. The number of ether oxygens (including phenoxy) is 1. The molecule has 8 nitrogen and oxygen atoms in total. The van der Waals surface area contributed by atoms with E-state index in [0.717, 1.165) is 22.0 Å². The number of nitrogens with one attached hydrogen (secondary N) is 1. The Bertz CT molecular complexity index is 1720. The van der Waals surface area contributed by atoms with E-state index in [9.17, 15) is 22.4 Å². The van der Waals surface area contributed by atoms with Crippen molar-refractivity contribution in [3.63, 3.8) is 0 Å². The molecule has 0 heterocycles. The second kappa shape index (κ2) is 15.7. The lowest BCUT2D eigenvalue weighted by molar-refractivity contribution is -0.140. The Hall–Kier alpha value is -4.41. The third kappa shape index (κ3) is 9.08. The number of carbonyl (C=O) groups is 2. The number of nitrogens with zero attached hydrogens (tertiary/aromatic N) is 2. The van der Waals surface area contributed by atoms with Gasteiger partial charge in [0.15, 0.2) is 0 Å². The van der Waals surface area contributed by atoms with Gasteiger partial charge in [-0.2, -0.15) is 0 Å². The molecule has 46 heavy (non-hydrogen) atoms. The van der Waals surface area contributed by atoms with Crippen LogP contribution < -0.4 is 14.4 Å². The van der Waals surface area contributed by atoms with Crippen LogP contribution in [0.1, 0.15) is 31.9 Å². The first-order valence-corrected chi connectivity index (χ1v) is 16.7. The van der Waals surface area contributed by atoms with Crippen molar-refractivity contribution in [1.29, 1.82) is 0 Å². The topological polar surface area (TPSA) is 96.0 Å². The molecule has 0 aliphatic rings. The van der Waals surface area contributed by atoms with Crippen molar-refractivity contribution in [3.8, 4) is 5.75 Å². The molecular formula is C35H37ClFN3O5S. The number of amides is 2. The SMILES string of the molecule is CCOc1ccc(S(=O)(=O)N(CC(=O)N(Cc2cccc(Cl)c2)C(Cc2ccccc2)C(=O)NC(C)C)c2ccc(F)cc2)cc1. The maximum absolute atomic E-state index is 14.4. The zero-order valence-electron chi connectivity index (χ0n) is 25.9. The fourth-order valence-corrected chi connectivity index (χ4v) is 6.53. The summed E-state index contributed by atoms with van der Waals surface area (Å²) in [5.74, 6) is -1.11. The molecule has 0 saturated heterocycles. The van der Waals surface area contributed by atoms with Crippen LogP contribution in [0, 0.1) is 5.82 Å². The van der Waals surface area contributed by atoms with Crippen molar-refractivity contribution in [2.24, 2.45) is 0 Å². The number of benzene rings is 4. The summed E-state index contributed by atoms with van der Waals surface area (Å²) in [5, 5.41) is 3.36. The van der Waals surface area contributed by atoms with E-state index in [1.54, 1.807) is 24.3 Å². The van der Waals surface area contributed by atoms with Gasteiger partial charge in [-0.3, -0.25) is 13.9 Å². The van der Waals surface area contributed by atoms with Crippen LogP contribution in [0.3, 0.4) is 0 Å². The van der Waals surface area contributed by atoms with Crippen LogP contribution in [0.15, 0.2) is 108 Å². The number of hydrogen-bond acceptors (Lipinski definition) is 5. The average molecular weight is 666 g/mol. The van der Waals surface area contributed by atoms with Crippen molar-refractivity contribution < 1.29 is 27.1 Å². The van der Waals surface area contributed by atoms with E-state index < -0.39 is 40.2 Å². The van der Waals surface area contributed by atoms with Crippen LogP contribution in [0.4, 0.5) is 10.1 Å². The van der Waals surface area contributed by atoms with Crippen LogP contribution in [0.25, 0.3) is 0 Å². The van der Waals surface area contributed by atoms with Crippen LogP contribution in [-0.4, -0.2) is 50.4 Å². The highest BCUT2D eigenvalue weighted by Gasteiger charge is 2.35. The Morgan fingerprint density at radius 1 is 0.891 bits per heavy atom. The van der Waals surface area contributed by atoms with Crippen LogP contribution >= 0.6 is 11.6 Å². The minimum atomic E-state index is -4.34. The lowest BCUT2D eigenvalue weighted by atomic mass is 10.0. The number of halogens is 2. The van der Waals surface area contributed by atoms with E-state index in [0.29, 0.717) is 22.9 Å². The first kappa shape index (κ1) is 34.5. The summed E-state index contributed by atoms with van der Waals surface area (Å²) in [6.07, 6.45) is 0.174. The highest BCUT2D eigenvalue weighted by molar-refractivity contribution is 7.92. The molecule has 0 fully saturated rings. The van der Waals surface area contributed by atoms with Gasteiger partial charge >= 0.3 is 0 Å². The minimum absolute atomic E-state index is 0.0250. The van der Waals surface area contributed by atoms with Crippen LogP contribution in [0.2, 0.25) is 5.02 Å². The summed E-state index contributed by atoms with van der Waals surface area (Å²) in [6.45, 7) is 5.17. The largest absolute Gasteiger partial charge is 0.494 e. The van der Waals surface area contributed by atoms with Gasteiger partial charge in [-0.1, -0.05) is 54.1 Å². The lowest BCUT2D eigenvalue weighted by Crippen LogP contribution is -2.54. The molecule has 11 heteroatoms. The Balaban J connectivity index is 1.79. The van der Waals surface area contributed by atoms with Gasteiger partial charge in [-0.05, 0) is 92.6 Å². The predicted octanol–water partition coefficient (Wildman–Crippen LogP) is 6.24. The smallest absolute Gasteiger partial charge is 0.264 e. The van der Waals surface area contributed by atoms with Gasteiger partial charge in [0.05, 0.1) is 17.2 Å². The fourth-order valence-electron chi connectivity index (χ4n) is 4.90. The molecule has 0 radical (unpaired) electrons. The quantitative estimate of drug-likeness (QED) is 0.172. The monoisotopic (exact) mass is 665 g/mol. The highest BCUT2D eigenvalue weighted by atomic mass is 35.5. The van der Waals surface area contributed by atoms with Gasteiger partial charge < -0.3 is 15.0 Å². The predicted molar refractivity (Wildman–Crippen MR) is 178 cm³/mol. The third-order valence-corrected chi connectivity index (χ3v) is 9.08. The Morgan fingerprint density at radius 3 is 2.15 bits per heavy atom. The molecule has 0 spiro atoms. The Kier molecular flexibility index (Phi) is 11.8. The standard InChI is InChI=1S/C35H37ClFN3O5S/c1-4-45-31-17-19-32(20-18-31)46(43,44)40(30-15-13-29(37)14-16-30)24-34(41)39(23-27-11-8-12-28(36)21-27)33(35(42)38-25(2)3)22-26-9-6-5-7-10-26/h5-21,25,33H,4,22-24H2,1-3H3,(H,38,42). The van der Waals surface area contributed by atoms with E-state index in [-0.39, 0.29) is 29.6 Å². The number of carbonyl (C=O) groups excluding carboxylic acids is 2. The summed E-state index contributed by atoms with van der Waals surface area (Å²) in [4.78, 5) is 29.5. The van der Waals surface area contributed by atoms with Gasteiger partial charge in [0.25, 0.3) is 10.0 Å². The number of rotatable bonds is 14. The first-order chi connectivity index (χ1) is 22.0. The van der Waals surface area contributed by atoms with Gasteiger partial charge in [0, 0.05) is 24.0 Å². The molecule has 2 amide bonds. The molecule has 1 N–H and O–H groups in total. The van der Waals surface area contributed by atoms with Crippen molar-refractivity contribution in [3.05, 3.63) is 125 Å². The summed E-state index contributed by atoms with van der Waals surface area (Å²) in [7, 11) is -4.34. The fraction of sp³-hybridized carbons (Fsp3) is 0.257. The zero-order chi connectivity index (χ0) is 33.3. The van der Waals surface area contributed by atoms with Gasteiger partial charge in [-0.15, -0.1) is 0 Å². The van der Waals surface area contributed by atoms with E-state index in [2.05, 4.69) is 5.32 Å². The maximum atomic E-state index is 14.4. The normalized spacial score (nSPS) is 12.0. The molecule has 0 aliphatic carbocycles. The summed E-state index contributed by atoms with van der Waals surface area (Å²) in [6, 6.07) is 25.6. The molecule has 4 aromatic rings. The summed E-state index contributed by atoms with van der Waals surface area (Å²) >= 11 is 6.27. The molecular weight excluding hydrogens is 629 g/mol. The molecule has 0 bridgehead atoms. The summed E-state index contributed by atoms with van der Waals surface area (Å²) in [5.41, 5.74) is 1.55. The second-order valence-electron chi connectivity index (χ2n) is 10.9. The van der Waals surface area contributed by atoms with Crippen molar-refractivity contribution >= 4 is 39.1 Å². The molecule has 0 aromatic heterocycles. The molecule has 4 rings (SSSR count). The van der Waals surface area contributed by atoms with Crippen LogP contribution in [0.5, 0.6) is 5.75 Å². The third-order valence-electron chi connectivity index (χ3n) is 7.06. The molecule has 1 unspecified atom stereocenters. The van der Waals surface area contributed by atoms with Crippen molar-refractivity contribution in [1.82, 2.24) is 10.2 Å². The molecule has 0 aliphatic heterocycles. The van der Waals surface area contributed by atoms with Crippen molar-refractivity contribution in [2.45, 2.75) is 50.7 Å². The molecule has 1 atom stereocenters. The van der Waals surface area contributed by atoms with E-state index in [1.165, 1.54) is 41.3 Å². The van der Waals surface area contributed by atoms with Crippen molar-refractivity contribution in [2.75, 3.05) is 17.5 Å². The van der Waals surface area contributed by atoms with E-state index >= 15 is 0 Å². The highest BCUT2D eigenvalue weighted by Crippen LogP contribution is 2.27. The van der Waals surface area contributed by atoms with Gasteiger partial charge in [0.1, 0.15) is 24.2 Å². The van der Waals surface area contributed by atoms with E-state index in [4.69, 9.17) is 16.3 Å². The maximum Gasteiger partial charge on any atom is 0.264 e. The Morgan fingerprint density at radius 2 is 1.54 bits per heavy atom. The summed E-state index contributed by atoms with van der Waals surface area (Å²) < 4.78 is 48.6. The Labute approximate surface area is 274 Å². The molecule has 242 valence electrons. The minimum Gasteiger partial charge on any atom is -0.494 e. The molecule has 0 saturated carbocycles. The van der Waals surface area contributed by atoms with E-state index in [1.807, 2.05) is 51.1 Å².